The highest BCUT2D eigenvalue weighted by Gasteiger charge is 2.05. The molecule has 0 atom stereocenters. The molecular weight excluding hydrogens is 107 g/mol. The Morgan fingerprint density at radius 3 is 3.12 bits per heavy atom. The van der Waals surface area contributed by atoms with E-state index in [1.807, 2.05) is 0 Å². The van der Waals surface area contributed by atoms with Gasteiger partial charge < -0.3 is 4.90 Å². The average molecular weight is 113 g/mol. The number of halogens is 1. The van der Waals surface area contributed by atoms with Crippen LogP contribution in [0.15, 0.2) is 4.99 Å². The zero-order valence-corrected chi connectivity index (χ0v) is 4.39. The molecule has 8 heavy (non-hydrogen) atoms. The third-order valence-corrected chi connectivity index (χ3v) is 0.840. The molecule has 0 aromatic heterocycles. The van der Waals surface area contributed by atoms with E-state index in [-0.39, 0.29) is 6.67 Å². The Hall–Kier alpha value is -0.600. The molecule has 0 aromatic carbocycles. The lowest BCUT2D eigenvalue weighted by Gasteiger charge is -2.05. The van der Waals surface area contributed by atoms with Crippen LogP contribution in [0.5, 0.6) is 0 Å². The maximum atomic E-state index is 11.5. The van der Waals surface area contributed by atoms with Crippen LogP contribution in [0.1, 0.15) is 0 Å². The van der Waals surface area contributed by atoms with Crippen molar-refractivity contribution in [1.29, 1.82) is 0 Å². The zero-order chi connectivity index (χ0) is 5.82. The lowest BCUT2D eigenvalue weighted by Crippen LogP contribution is -2.17. The fourth-order valence-electron chi connectivity index (χ4n) is 0.490. The van der Waals surface area contributed by atoms with E-state index < -0.39 is 0 Å². The van der Waals surface area contributed by atoms with Gasteiger partial charge in [0.2, 0.25) is 0 Å². The van der Waals surface area contributed by atoms with Gasteiger partial charge in [-0.3, -0.25) is 4.99 Å². The summed E-state index contributed by atoms with van der Waals surface area (Å²) in [6.07, 6.45) is 2.56. The van der Waals surface area contributed by atoms with Crippen LogP contribution >= 0.6 is 0 Å². The molecule has 0 amide bonds. The lowest BCUT2D eigenvalue weighted by molar-refractivity contribution is 0.409. The van der Waals surface area contributed by atoms with Crippen LogP contribution in [0.3, 0.4) is 0 Å². The number of hydrogen-bond acceptors (Lipinski definition) is 2. The summed E-state index contributed by atoms with van der Waals surface area (Å²) in [6, 6.07) is 0. The second-order valence-electron chi connectivity index (χ2n) is 1.41. The molecule has 3 radical (unpaired) electrons. The molecule has 0 saturated heterocycles. The third kappa shape index (κ3) is 1.18. The van der Waals surface area contributed by atoms with Crippen molar-refractivity contribution < 1.29 is 4.39 Å². The summed E-state index contributed by atoms with van der Waals surface area (Å²) in [5.41, 5.74) is 0. The minimum absolute atomic E-state index is 0.337. The van der Waals surface area contributed by atoms with Gasteiger partial charge in [-0.15, -0.1) is 0 Å². The van der Waals surface area contributed by atoms with Crippen LogP contribution in [-0.2, 0) is 0 Å². The molecular formula is C5H6FN2. The van der Waals surface area contributed by atoms with Gasteiger partial charge in [0.15, 0.2) is 6.34 Å². The molecule has 0 bridgehead atoms. The standard InChI is InChI=1S/C5H6FN2/c6-1-3-8-4-2-7-5-8/h1-3H2. The van der Waals surface area contributed by atoms with E-state index in [1.54, 1.807) is 0 Å². The quantitative estimate of drug-likeness (QED) is 0.500. The van der Waals surface area contributed by atoms with Crippen molar-refractivity contribution >= 4 is 6.34 Å². The van der Waals surface area contributed by atoms with Crippen molar-refractivity contribution in [1.82, 2.24) is 4.90 Å². The number of rotatable bonds is 2. The average Bonchev–Trinajstić information content (AvgIpc) is 2.19. The van der Waals surface area contributed by atoms with E-state index in [9.17, 15) is 4.39 Å². The first-order valence-electron chi connectivity index (χ1n) is 2.42. The highest BCUT2D eigenvalue weighted by Crippen LogP contribution is 1.96. The molecule has 1 heterocycles. The maximum absolute atomic E-state index is 11.5. The molecule has 0 saturated carbocycles. The molecule has 2 nitrogen and oxygen atoms in total. The minimum atomic E-state index is -0.366. The minimum Gasteiger partial charge on any atom is -0.339 e. The van der Waals surface area contributed by atoms with Gasteiger partial charge in [0, 0.05) is 6.54 Å². The van der Waals surface area contributed by atoms with Crippen molar-refractivity contribution in [2.24, 2.45) is 4.99 Å². The van der Waals surface area contributed by atoms with Crippen molar-refractivity contribution in [3.05, 3.63) is 6.54 Å². The van der Waals surface area contributed by atoms with Crippen molar-refractivity contribution in [2.45, 2.75) is 0 Å². The van der Waals surface area contributed by atoms with E-state index in [0.29, 0.717) is 13.1 Å². The van der Waals surface area contributed by atoms with Crippen LogP contribution in [0.4, 0.5) is 4.39 Å². The van der Waals surface area contributed by atoms with Gasteiger partial charge in [-0.1, -0.05) is 0 Å². The van der Waals surface area contributed by atoms with Gasteiger partial charge in [-0.05, 0) is 0 Å². The largest absolute Gasteiger partial charge is 0.339 e. The SMILES string of the molecule is FCCN1[C]CN=[C]1. The summed E-state index contributed by atoms with van der Waals surface area (Å²) in [6.45, 7) is 3.27. The summed E-state index contributed by atoms with van der Waals surface area (Å²) in [4.78, 5) is 5.18. The highest BCUT2D eigenvalue weighted by atomic mass is 19.1. The van der Waals surface area contributed by atoms with Crippen LogP contribution in [0, 0.1) is 6.54 Å². The van der Waals surface area contributed by atoms with Crippen LogP contribution in [0.25, 0.3) is 0 Å². The summed E-state index contributed by atoms with van der Waals surface area (Å²) in [5.74, 6) is 0. The fourth-order valence-corrected chi connectivity index (χ4v) is 0.490. The molecule has 1 rings (SSSR count). The fraction of sp³-hybridized carbons (Fsp3) is 0.600. The van der Waals surface area contributed by atoms with Crippen molar-refractivity contribution in [3.63, 3.8) is 0 Å². The van der Waals surface area contributed by atoms with Crippen LogP contribution < -0.4 is 0 Å². The molecule has 1 aliphatic heterocycles. The molecule has 0 N–H and O–H groups in total. The van der Waals surface area contributed by atoms with Crippen LogP contribution in [0.2, 0.25) is 0 Å². The summed E-state index contributed by atoms with van der Waals surface area (Å²) < 4.78 is 11.5. The first-order chi connectivity index (χ1) is 3.93. The zero-order valence-electron chi connectivity index (χ0n) is 4.39. The number of aliphatic imine (C=N–C) groups is 1. The van der Waals surface area contributed by atoms with Gasteiger partial charge in [0.1, 0.15) is 13.2 Å². The molecule has 43 valence electrons. The smallest absolute Gasteiger partial charge is 0.167 e. The molecule has 3 heteroatoms. The molecule has 1 aliphatic rings. The monoisotopic (exact) mass is 113 g/mol. The van der Waals surface area contributed by atoms with Crippen molar-refractivity contribution in [2.75, 3.05) is 19.8 Å². The Labute approximate surface area is 48.0 Å². The van der Waals surface area contributed by atoms with E-state index in [2.05, 4.69) is 17.9 Å². The number of alkyl halides is 1. The topological polar surface area (TPSA) is 15.6 Å². The van der Waals surface area contributed by atoms with Gasteiger partial charge in [-0.25, -0.2) is 4.39 Å². The Balaban J connectivity index is 2.16. The first-order valence-corrected chi connectivity index (χ1v) is 2.42. The summed E-state index contributed by atoms with van der Waals surface area (Å²) >= 11 is 0. The molecule has 0 spiro atoms. The number of nitrogens with zero attached hydrogens (tertiary/aromatic N) is 2. The summed E-state index contributed by atoms with van der Waals surface area (Å²) in [5, 5.41) is 0. The van der Waals surface area contributed by atoms with Crippen molar-refractivity contribution in [3.8, 4) is 0 Å². The second kappa shape index (κ2) is 2.64. The normalized spacial score (nSPS) is 17.9. The predicted octanol–water partition coefficient (Wildman–Crippen LogP) is 0.216. The Bertz CT molecular complexity index is 92.4. The Morgan fingerprint density at radius 1 is 1.75 bits per heavy atom. The lowest BCUT2D eigenvalue weighted by atomic mass is 10.6. The molecule has 0 fully saturated rings. The molecule has 0 unspecified atom stereocenters. The Kier molecular flexibility index (Phi) is 1.83. The van der Waals surface area contributed by atoms with Crippen LogP contribution in [-0.4, -0.2) is 31.0 Å². The van der Waals surface area contributed by atoms with E-state index in [0.717, 1.165) is 0 Å². The molecule has 0 aliphatic carbocycles. The third-order valence-electron chi connectivity index (χ3n) is 0.840. The second-order valence-corrected chi connectivity index (χ2v) is 1.41. The first kappa shape index (κ1) is 5.54. The van der Waals surface area contributed by atoms with E-state index in [4.69, 9.17) is 0 Å². The molecule has 0 aromatic rings. The predicted molar refractivity (Wildman–Crippen MR) is 28.2 cm³/mol. The van der Waals surface area contributed by atoms with E-state index >= 15 is 0 Å². The van der Waals surface area contributed by atoms with Gasteiger partial charge in [0.25, 0.3) is 0 Å². The number of hydrogen-bond donors (Lipinski definition) is 0. The van der Waals surface area contributed by atoms with Gasteiger partial charge in [-0.2, -0.15) is 0 Å². The van der Waals surface area contributed by atoms with Gasteiger partial charge >= 0.3 is 0 Å². The highest BCUT2D eigenvalue weighted by molar-refractivity contribution is 5.58. The summed E-state index contributed by atoms with van der Waals surface area (Å²) in [7, 11) is 0. The Morgan fingerprint density at radius 2 is 2.62 bits per heavy atom. The van der Waals surface area contributed by atoms with E-state index in [1.165, 1.54) is 4.90 Å². The van der Waals surface area contributed by atoms with Gasteiger partial charge in [0.05, 0.1) is 6.54 Å². The maximum Gasteiger partial charge on any atom is 0.167 e.